The Hall–Kier alpha value is -2.11. The van der Waals surface area contributed by atoms with Gasteiger partial charge in [-0.15, -0.1) is 6.58 Å². The lowest BCUT2D eigenvalue weighted by Gasteiger charge is -2.42. The van der Waals surface area contributed by atoms with Crippen LogP contribution in [0.5, 0.6) is 11.5 Å². The lowest BCUT2D eigenvalue weighted by Crippen LogP contribution is -2.54. The Morgan fingerprint density at radius 2 is 2.17 bits per heavy atom. The summed E-state index contributed by atoms with van der Waals surface area (Å²) in [5, 5.41) is 11.1. The Kier molecular flexibility index (Phi) is 3.34. The molecule has 1 aliphatic carbocycles. The van der Waals surface area contributed by atoms with Crippen LogP contribution in [0.3, 0.4) is 0 Å². The third-order valence-electron chi connectivity index (χ3n) is 5.62. The number of fused-ring (bicyclic) bond motifs is 2. The summed E-state index contributed by atoms with van der Waals surface area (Å²) in [7, 11) is 0. The summed E-state index contributed by atoms with van der Waals surface area (Å²) in [5.74, 6) is -0.942. The highest BCUT2D eigenvalue weighted by Crippen LogP contribution is 2.61. The molecule has 3 aliphatic rings. The molecular weight excluding hydrogens is 308 g/mol. The fourth-order valence-electron chi connectivity index (χ4n) is 4.23. The van der Waals surface area contributed by atoms with Crippen molar-refractivity contribution in [2.24, 2.45) is 11.3 Å². The van der Waals surface area contributed by atoms with Gasteiger partial charge in [0.15, 0.2) is 11.5 Å². The Labute approximate surface area is 140 Å². The molecule has 2 aliphatic heterocycles. The van der Waals surface area contributed by atoms with Crippen LogP contribution in [0.25, 0.3) is 0 Å². The number of allylic oxidation sites excluding steroid dienone is 2. The maximum atomic E-state index is 12.4. The van der Waals surface area contributed by atoms with E-state index in [9.17, 15) is 9.90 Å². The molecule has 2 heterocycles. The predicted octanol–water partition coefficient (Wildman–Crippen LogP) is 2.90. The van der Waals surface area contributed by atoms with Gasteiger partial charge in [-0.3, -0.25) is 4.79 Å². The first-order valence-electron chi connectivity index (χ1n) is 8.13. The summed E-state index contributed by atoms with van der Waals surface area (Å²) >= 11 is 0. The average molecular weight is 328 g/mol. The van der Waals surface area contributed by atoms with Gasteiger partial charge < -0.3 is 19.3 Å². The summed E-state index contributed by atoms with van der Waals surface area (Å²) in [5.41, 5.74) is 0.160. The lowest BCUT2D eigenvalue weighted by atomic mass is 9.62. The standard InChI is InChI=1S/C19H20O5/c1-3-8-18-9-4-5-16(20)19(18,21)24-17(12(18)2)13-6-7-14-15(10-13)23-11-22-14/h3-7,10,12,17,21H,1,8-9,11H2,2H3/t12-,17+,18-,19-/m1/s1. The monoisotopic (exact) mass is 328 g/mol. The molecule has 0 spiro atoms. The van der Waals surface area contributed by atoms with E-state index in [4.69, 9.17) is 14.2 Å². The molecule has 5 heteroatoms. The molecule has 0 bridgehead atoms. The zero-order chi connectivity index (χ0) is 16.9. The summed E-state index contributed by atoms with van der Waals surface area (Å²) < 4.78 is 16.8. The highest BCUT2D eigenvalue weighted by Gasteiger charge is 2.66. The molecule has 0 unspecified atom stereocenters. The molecule has 0 radical (unpaired) electrons. The van der Waals surface area contributed by atoms with Crippen LogP contribution in [-0.4, -0.2) is 23.5 Å². The number of rotatable bonds is 3. The number of ketones is 1. The molecular formula is C19H20O5. The summed E-state index contributed by atoms with van der Waals surface area (Å²) in [6.45, 7) is 6.03. The van der Waals surface area contributed by atoms with Gasteiger partial charge in [-0.05, 0) is 42.5 Å². The fourth-order valence-corrected chi connectivity index (χ4v) is 4.23. The molecule has 5 nitrogen and oxygen atoms in total. The number of carbonyl (C=O) groups excluding carboxylic acids is 1. The van der Waals surface area contributed by atoms with Crippen LogP contribution in [0.15, 0.2) is 43.0 Å². The lowest BCUT2D eigenvalue weighted by molar-refractivity contribution is -0.229. The van der Waals surface area contributed by atoms with Gasteiger partial charge in [-0.25, -0.2) is 0 Å². The molecule has 4 atom stereocenters. The van der Waals surface area contributed by atoms with Crippen molar-refractivity contribution in [1.29, 1.82) is 0 Å². The van der Waals surface area contributed by atoms with Gasteiger partial charge in [0.1, 0.15) is 0 Å². The summed E-state index contributed by atoms with van der Waals surface area (Å²) in [6, 6.07) is 5.60. The van der Waals surface area contributed by atoms with Gasteiger partial charge in [0, 0.05) is 5.41 Å². The first-order valence-corrected chi connectivity index (χ1v) is 8.13. The average Bonchev–Trinajstić information content (AvgIpc) is 3.12. The Bertz CT molecular complexity index is 739. The number of carbonyl (C=O) groups is 1. The van der Waals surface area contributed by atoms with Gasteiger partial charge in [0.2, 0.25) is 18.4 Å². The van der Waals surface area contributed by atoms with Crippen molar-refractivity contribution >= 4 is 5.78 Å². The molecule has 1 saturated heterocycles. The normalized spacial score (nSPS) is 36.7. The molecule has 0 aromatic heterocycles. The van der Waals surface area contributed by atoms with Crippen LogP contribution >= 0.6 is 0 Å². The van der Waals surface area contributed by atoms with Crippen molar-refractivity contribution in [1.82, 2.24) is 0 Å². The highest BCUT2D eigenvalue weighted by atomic mass is 16.7. The highest BCUT2D eigenvalue weighted by molar-refractivity contribution is 5.97. The van der Waals surface area contributed by atoms with E-state index in [0.29, 0.717) is 24.3 Å². The largest absolute Gasteiger partial charge is 0.454 e. The maximum absolute atomic E-state index is 12.4. The van der Waals surface area contributed by atoms with E-state index in [2.05, 4.69) is 6.58 Å². The van der Waals surface area contributed by atoms with Gasteiger partial charge in [0.05, 0.1) is 6.10 Å². The SMILES string of the molecule is C=CC[C@]12CC=CC(=O)[C@@]1(O)O[C@H](c1ccc3c(c1)OCO3)[C@H]2C. The second-order valence-corrected chi connectivity index (χ2v) is 6.70. The maximum Gasteiger partial charge on any atom is 0.237 e. The second-order valence-electron chi connectivity index (χ2n) is 6.70. The Morgan fingerprint density at radius 1 is 1.38 bits per heavy atom. The van der Waals surface area contributed by atoms with E-state index in [1.807, 2.05) is 31.2 Å². The number of hydrogen-bond donors (Lipinski definition) is 1. The predicted molar refractivity (Wildman–Crippen MR) is 86.5 cm³/mol. The Balaban J connectivity index is 1.77. The van der Waals surface area contributed by atoms with Gasteiger partial charge >= 0.3 is 0 Å². The van der Waals surface area contributed by atoms with Crippen molar-refractivity contribution < 1.29 is 24.1 Å². The third-order valence-corrected chi connectivity index (χ3v) is 5.62. The van der Waals surface area contributed by atoms with Crippen molar-refractivity contribution in [2.45, 2.75) is 31.7 Å². The van der Waals surface area contributed by atoms with Crippen molar-refractivity contribution in [3.63, 3.8) is 0 Å². The van der Waals surface area contributed by atoms with Crippen LogP contribution in [0.1, 0.15) is 31.4 Å². The first-order chi connectivity index (χ1) is 11.5. The topological polar surface area (TPSA) is 65.0 Å². The van der Waals surface area contributed by atoms with Crippen molar-refractivity contribution in [2.75, 3.05) is 6.79 Å². The van der Waals surface area contributed by atoms with E-state index in [-0.39, 0.29) is 12.7 Å². The number of aliphatic hydroxyl groups is 1. The summed E-state index contributed by atoms with van der Waals surface area (Å²) in [4.78, 5) is 12.4. The van der Waals surface area contributed by atoms with Crippen LogP contribution in [-0.2, 0) is 9.53 Å². The molecule has 1 fully saturated rings. The van der Waals surface area contributed by atoms with E-state index in [0.717, 1.165) is 5.56 Å². The Morgan fingerprint density at radius 3 is 2.96 bits per heavy atom. The number of ether oxygens (including phenoxy) is 3. The van der Waals surface area contributed by atoms with E-state index >= 15 is 0 Å². The van der Waals surface area contributed by atoms with Gasteiger partial charge in [-0.1, -0.05) is 25.1 Å². The van der Waals surface area contributed by atoms with Crippen molar-refractivity contribution in [3.8, 4) is 11.5 Å². The zero-order valence-electron chi connectivity index (χ0n) is 13.5. The molecule has 0 saturated carbocycles. The summed E-state index contributed by atoms with van der Waals surface area (Å²) in [6.07, 6.45) is 5.65. The molecule has 1 N–H and O–H groups in total. The minimum absolute atomic E-state index is 0.0743. The molecule has 0 amide bonds. The number of benzene rings is 1. The van der Waals surface area contributed by atoms with E-state index in [1.165, 1.54) is 6.08 Å². The molecule has 1 aromatic carbocycles. The van der Waals surface area contributed by atoms with Gasteiger partial charge in [0.25, 0.3) is 0 Å². The minimum atomic E-state index is -1.82. The van der Waals surface area contributed by atoms with E-state index < -0.39 is 23.1 Å². The molecule has 1 aromatic rings. The smallest absolute Gasteiger partial charge is 0.237 e. The molecule has 126 valence electrons. The van der Waals surface area contributed by atoms with Crippen LogP contribution in [0.2, 0.25) is 0 Å². The molecule has 4 rings (SSSR count). The zero-order valence-corrected chi connectivity index (χ0v) is 13.5. The van der Waals surface area contributed by atoms with Crippen LogP contribution < -0.4 is 9.47 Å². The van der Waals surface area contributed by atoms with Crippen LogP contribution in [0.4, 0.5) is 0 Å². The quantitative estimate of drug-likeness (QED) is 0.864. The second kappa shape index (κ2) is 5.19. The molecule has 24 heavy (non-hydrogen) atoms. The van der Waals surface area contributed by atoms with Crippen molar-refractivity contribution in [3.05, 3.63) is 48.6 Å². The van der Waals surface area contributed by atoms with Gasteiger partial charge in [-0.2, -0.15) is 0 Å². The number of hydrogen-bond acceptors (Lipinski definition) is 5. The van der Waals surface area contributed by atoms with Crippen LogP contribution in [0, 0.1) is 11.3 Å². The third kappa shape index (κ3) is 1.85. The minimum Gasteiger partial charge on any atom is -0.454 e. The first kappa shape index (κ1) is 15.4. The fraction of sp³-hybridized carbons (Fsp3) is 0.421. The van der Waals surface area contributed by atoms with E-state index in [1.54, 1.807) is 6.08 Å².